The Morgan fingerprint density at radius 1 is 0.893 bits per heavy atom. The molecule has 2 heterocycles. The first-order valence-corrected chi connectivity index (χ1v) is 10.2. The number of hydrogen-bond donors (Lipinski definition) is 0. The molecule has 28 heavy (non-hydrogen) atoms. The standard InChI is InChI=1S/C25H23ClN2/c1-18-6-8-19(9-7-18)16-28-24-5-3-2-4-22(24)23-14-15-27(17-25(23)28)21-12-10-20(26)11-13-21/h2-13H,14-17H2,1H3. The first-order chi connectivity index (χ1) is 13.7. The zero-order valence-corrected chi connectivity index (χ0v) is 16.8. The molecule has 4 aromatic rings. The Hall–Kier alpha value is -2.71. The molecule has 3 heteroatoms. The van der Waals surface area contributed by atoms with E-state index in [4.69, 9.17) is 11.6 Å². The Kier molecular flexibility index (Phi) is 4.37. The molecule has 1 aliphatic heterocycles. The molecule has 1 aromatic heterocycles. The van der Waals surface area contributed by atoms with Gasteiger partial charge in [0.05, 0.1) is 6.54 Å². The van der Waals surface area contributed by atoms with E-state index in [1.165, 1.54) is 39.0 Å². The molecule has 0 radical (unpaired) electrons. The van der Waals surface area contributed by atoms with Crippen LogP contribution in [0.5, 0.6) is 0 Å². The summed E-state index contributed by atoms with van der Waals surface area (Å²) in [5.41, 5.74) is 8.17. The highest BCUT2D eigenvalue weighted by molar-refractivity contribution is 6.30. The predicted octanol–water partition coefficient (Wildman–Crippen LogP) is 6.21. The Morgan fingerprint density at radius 2 is 1.64 bits per heavy atom. The van der Waals surface area contributed by atoms with Gasteiger partial charge in [0, 0.05) is 40.4 Å². The SMILES string of the molecule is Cc1ccc(Cn2c3c(c4ccccc42)CCN(c2ccc(Cl)cc2)C3)cc1. The van der Waals surface area contributed by atoms with Gasteiger partial charge in [-0.25, -0.2) is 0 Å². The van der Waals surface area contributed by atoms with Crippen molar-refractivity contribution >= 4 is 28.2 Å². The summed E-state index contributed by atoms with van der Waals surface area (Å²) in [6, 6.07) is 25.9. The van der Waals surface area contributed by atoms with Crippen LogP contribution in [0.3, 0.4) is 0 Å². The van der Waals surface area contributed by atoms with Crippen molar-refractivity contribution in [3.05, 3.63) is 100 Å². The van der Waals surface area contributed by atoms with Crippen molar-refractivity contribution in [2.45, 2.75) is 26.4 Å². The average molecular weight is 387 g/mol. The zero-order chi connectivity index (χ0) is 19.1. The molecule has 140 valence electrons. The van der Waals surface area contributed by atoms with Crippen molar-refractivity contribution < 1.29 is 0 Å². The molecule has 2 nitrogen and oxygen atoms in total. The van der Waals surface area contributed by atoms with Gasteiger partial charge < -0.3 is 9.47 Å². The van der Waals surface area contributed by atoms with Gasteiger partial charge in [-0.1, -0.05) is 59.6 Å². The first kappa shape index (κ1) is 17.4. The highest BCUT2D eigenvalue weighted by atomic mass is 35.5. The summed E-state index contributed by atoms with van der Waals surface area (Å²) in [5, 5.41) is 2.19. The maximum absolute atomic E-state index is 6.09. The molecule has 0 aliphatic carbocycles. The fraction of sp³-hybridized carbons (Fsp3) is 0.200. The molecule has 0 spiro atoms. The highest BCUT2D eigenvalue weighted by Crippen LogP contribution is 2.33. The Morgan fingerprint density at radius 3 is 2.43 bits per heavy atom. The van der Waals surface area contributed by atoms with Crippen LogP contribution in [-0.4, -0.2) is 11.1 Å². The monoisotopic (exact) mass is 386 g/mol. The summed E-state index contributed by atoms with van der Waals surface area (Å²) in [6.45, 7) is 5.01. The van der Waals surface area contributed by atoms with Gasteiger partial charge >= 0.3 is 0 Å². The minimum absolute atomic E-state index is 0.787. The molecule has 1 aliphatic rings. The summed E-state index contributed by atoms with van der Waals surface area (Å²) in [6.07, 6.45) is 1.07. The molecule has 0 unspecified atom stereocenters. The average Bonchev–Trinajstić information content (AvgIpc) is 3.03. The van der Waals surface area contributed by atoms with E-state index >= 15 is 0 Å². The lowest BCUT2D eigenvalue weighted by molar-refractivity contribution is 0.668. The van der Waals surface area contributed by atoms with Crippen molar-refractivity contribution in [1.29, 1.82) is 0 Å². The normalized spacial score (nSPS) is 13.7. The maximum atomic E-state index is 6.09. The lowest BCUT2D eigenvalue weighted by Crippen LogP contribution is -2.31. The summed E-state index contributed by atoms with van der Waals surface area (Å²) in [5.74, 6) is 0. The molecule has 3 aromatic carbocycles. The third kappa shape index (κ3) is 3.08. The van der Waals surface area contributed by atoms with E-state index in [0.29, 0.717) is 0 Å². The Bertz CT molecular complexity index is 1120. The van der Waals surface area contributed by atoms with Crippen LogP contribution in [0.25, 0.3) is 10.9 Å². The van der Waals surface area contributed by atoms with E-state index < -0.39 is 0 Å². The third-order valence-electron chi connectivity index (χ3n) is 5.82. The molecule has 0 bridgehead atoms. The highest BCUT2D eigenvalue weighted by Gasteiger charge is 2.24. The third-order valence-corrected chi connectivity index (χ3v) is 6.07. The van der Waals surface area contributed by atoms with Crippen molar-refractivity contribution in [2.75, 3.05) is 11.4 Å². The molecule has 0 fully saturated rings. The fourth-order valence-corrected chi connectivity index (χ4v) is 4.45. The minimum atomic E-state index is 0.787. The van der Waals surface area contributed by atoms with E-state index in [0.717, 1.165) is 31.1 Å². The molecule has 0 amide bonds. The number of para-hydroxylation sites is 1. The predicted molar refractivity (Wildman–Crippen MR) is 118 cm³/mol. The number of hydrogen-bond acceptors (Lipinski definition) is 1. The lowest BCUT2D eigenvalue weighted by atomic mass is 10.0. The van der Waals surface area contributed by atoms with Crippen molar-refractivity contribution in [3.8, 4) is 0 Å². The van der Waals surface area contributed by atoms with E-state index in [2.05, 4.69) is 77.1 Å². The first-order valence-electron chi connectivity index (χ1n) is 9.84. The van der Waals surface area contributed by atoms with Gasteiger partial charge in [0.15, 0.2) is 0 Å². The van der Waals surface area contributed by atoms with Gasteiger partial charge in [-0.2, -0.15) is 0 Å². The van der Waals surface area contributed by atoms with Crippen molar-refractivity contribution in [1.82, 2.24) is 4.57 Å². The second-order valence-corrected chi connectivity index (χ2v) is 8.10. The molecule has 0 atom stereocenters. The Balaban J connectivity index is 1.57. The van der Waals surface area contributed by atoms with Crippen molar-refractivity contribution in [3.63, 3.8) is 0 Å². The number of nitrogens with zero attached hydrogens (tertiary/aromatic N) is 2. The topological polar surface area (TPSA) is 8.17 Å². The van der Waals surface area contributed by atoms with E-state index in [-0.39, 0.29) is 0 Å². The number of aromatic nitrogens is 1. The van der Waals surface area contributed by atoms with Crippen LogP contribution >= 0.6 is 11.6 Å². The number of benzene rings is 3. The van der Waals surface area contributed by atoms with Gasteiger partial charge in [-0.3, -0.25) is 0 Å². The van der Waals surface area contributed by atoms with Gasteiger partial charge in [0.1, 0.15) is 0 Å². The van der Waals surface area contributed by atoms with Crippen LogP contribution in [-0.2, 0) is 19.5 Å². The fourth-order valence-electron chi connectivity index (χ4n) is 4.32. The number of anilines is 1. The van der Waals surface area contributed by atoms with Gasteiger partial charge in [-0.15, -0.1) is 0 Å². The lowest BCUT2D eigenvalue weighted by Gasteiger charge is -2.30. The summed E-state index contributed by atoms with van der Waals surface area (Å²) >= 11 is 6.09. The number of halogens is 1. The summed E-state index contributed by atoms with van der Waals surface area (Å²) in [4.78, 5) is 2.46. The van der Waals surface area contributed by atoms with E-state index in [9.17, 15) is 0 Å². The minimum Gasteiger partial charge on any atom is -0.365 e. The second kappa shape index (κ2) is 7.03. The van der Waals surface area contributed by atoms with Crippen LogP contribution < -0.4 is 4.90 Å². The van der Waals surface area contributed by atoms with Crippen LogP contribution in [0, 0.1) is 6.92 Å². The molecule has 5 rings (SSSR count). The van der Waals surface area contributed by atoms with Crippen LogP contribution in [0.15, 0.2) is 72.8 Å². The van der Waals surface area contributed by atoms with Crippen LogP contribution in [0.1, 0.15) is 22.4 Å². The van der Waals surface area contributed by atoms with Gasteiger partial charge in [0.25, 0.3) is 0 Å². The quantitative estimate of drug-likeness (QED) is 0.406. The van der Waals surface area contributed by atoms with Crippen LogP contribution in [0.4, 0.5) is 5.69 Å². The number of aryl methyl sites for hydroxylation is 1. The summed E-state index contributed by atoms with van der Waals surface area (Å²) in [7, 11) is 0. The largest absolute Gasteiger partial charge is 0.365 e. The molecular weight excluding hydrogens is 364 g/mol. The van der Waals surface area contributed by atoms with Gasteiger partial charge in [-0.05, 0) is 54.8 Å². The van der Waals surface area contributed by atoms with Crippen molar-refractivity contribution in [2.24, 2.45) is 0 Å². The molecule has 0 N–H and O–H groups in total. The van der Waals surface area contributed by atoms with Gasteiger partial charge in [0.2, 0.25) is 0 Å². The molecule has 0 saturated heterocycles. The maximum Gasteiger partial charge on any atom is 0.0585 e. The van der Waals surface area contributed by atoms with E-state index in [1.807, 2.05) is 12.1 Å². The van der Waals surface area contributed by atoms with Crippen LogP contribution in [0.2, 0.25) is 5.02 Å². The second-order valence-electron chi connectivity index (χ2n) is 7.66. The number of rotatable bonds is 3. The zero-order valence-electron chi connectivity index (χ0n) is 16.0. The molecule has 0 saturated carbocycles. The smallest absolute Gasteiger partial charge is 0.0585 e. The van der Waals surface area contributed by atoms with E-state index in [1.54, 1.807) is 0 Å². The number of fused-ring (bicyclic) bond motifs is 3. The molecular formula is C25H23ClN2. The summed E-state index contributed by atoms with van der Waals surface area (Å²) < 4.78 is 2.51. The Labute approximate surface area is 171 Å².